The summed E-state index contributed by atoms with van der Waals surface area (Å²) in [5.74, 6) is -1.04. The first-order chi connectivity index (χ1) is 10.5. The lowest BCUT2D eigenvalue weighted by Gasteiger charge is -2.19. The normalized spacial score (nSPS) is 17.3. The number of aromatic nitrogens is 3. The predicted octanol–water partition coefficient (Wildman–Crippen LogP) is 1.85. The van der Waals surface area contributed by atoms with Crippen molar-refractivity contribution in [3.05, 3.63) is 50.9 Å². The van der Waals surface area contributed by atoms with Crippen LogP contribution in [0.5, 0.6) is 0 Å². The van der Waals surface area contributed by atoms with Crippen LogP contribution in [0.25, 0.3) is 0 Å². The Bertz CT molecular complexity index is 799. The number of carboxylic acid groups (broad SMARTS) is 1. The second-order valence-corrected chi connectivity index (χ2v) is 5.62. The summed E-state index contributed by atoms with van der Waals surface area (Å²) in [4.78, 5) is 23.7. The molecule has 2 aromatic rings. The fourth-order valence-corrected chi connectivity index (χ4v) is 2.91. The Balaban J connectivity index is 2.00. The second-order valence-electron chi connectivity index (χ2n) is 5.21. The van der Waals surface area contributed by atoms with Gasteiger partial charge in [-0.15, -0.1) is 0 Å². The van der Waals surface area contributed by atoms with Crippen molar-refractivity contribution in [1.82, 2.24) is 14.3 Å². The van der Waals surface area contributed by atoms with Crippen LogP contribution in [0.4, 0.5) is 4.39 Å². The van der Waals surface area contributed by atoms with Gasteiger partial charge in [-0.05, 0) is 30.5 Å². The maximum atomic E-state index is 13.1. The molecular formula is C14H13ClFN3O3. The van der Waals surface area contributed by atoms with Crippen LogP contribution in [0.3, 0.4) is 0 Å². The largest absolute Gasteiger partial charge is 0.480 e. The Morgan fingerprint density at radius 1 is 1.50 bits per heavy atom. The van der Waals surface area contributed by atoms with Crippen LogP contribution < -0.4 is 5.69 Å². The van der Waals surface area contributed by atoms with E-state index < -0.39 is 23.5 Å². The lowest BCUT2D eigenvalue weighted by molar-refractivity contribution is -0.141. The van der Waals surface area contributed by atoms with Gasteiger partial charge in [0.05, 0.1) is 6.54 Å². The van der Waals surface area contributed by atoms with E-state index >= 15 is 0 Å². The number of aryl methyl sites for hydroxylation is 1. The molecule has 3 rings (SSSR count). The minimum absolute atomic E-state index is 0.0737. The number of carbonyl (C=O) groups is 1. The molecule has 0 amide bonds. The van der Waals surface area contributed by atoms with E-state index in [4.69, 9.17) is 11.6 Å². The molecule has 0 fully saturated rings. The van der Waals surface area contributed by atoms with Crippen molar-refractivity contribution < 1.29 is 14.3 Å². The average Bonchev–Trinajstić information content (AvgIpc) is 2.78. The summed E-state index contributed by atoms with van der Waals surface area (Å²) in [6.07, 6.45) is 1.64. The molecule has 8 heteroatoms. The van der Waals surface area contributed by atoms with Gasteiger partial charge in [-0.3, -0.25) is 4.57 Å². The number of aliphatic carboxylic acids is 1. The van der Waals surface area contributed by atoms with Crippen LogP contribution in [0.15, 0.2) is 23.0 Å². The molecule has 0 bridgehead atoms. The number of rotatable bonds is 3. The highest BCUT2D eigenvalue weighted by atomic mass is 35.5. The smallest absolute Gasteiger partial charge is 0.347 e. The van der Waals surface area contributed by atoms with Crippen LogP contribution in [0.1, 0.15) is 30.3 Å². The van der Waals surface area contributed by atoms with Gasteiger partial charge in [-0.1, -0.05) is 17.7 Å². The second kappa shape index (κ2) is 5.57. The highest BCUT2D eigenvalue weighted by Gasteiger charge is 2.30. The molecule has 0 saturated carbocycles. The minimum Gasteiger partial charge on any atom is -0.480 e. The number of fused-ring (bicyclic) bond motifs is 1. The zero-order chi connectivity index (χ0) is 15.9. The predicted molar refractivity (Wildman–Crippen MR) is 76.6 cm³/mol. The van der Waals surface area contributed by atoms with E-state index in [0.717, 1.165) is 6.07 Å². The molecule has 1 aromatic heterocycles. The third kappa shape index (κ3) is 2.52. The summed E-state index contributed by atoms with van der Waals surface area (Å²) in [6, 6.07) is 3.02. The molecular weight excluding hydrogens is 313 g/mol. The van der Waals surface area contributed by atoms with Crippen LogP contribution >= 0.6 is 11.6 Å². The third-order valence-electron chi connectivity index (χ3n) is 3.75. The molecule has 2 heterocycles. The van der Waals surface area contributed by atoms with Crippen LogP contribution in [0.2, 0.25) is 5.02 Å². The highest BCUT2D eigenvalue weighted by molar-refractivity contribution is 6.31. The van der Waals surface area contributed by atoms with Crippen LogP contribution in [-0.2, 0) is 17.8 Å². The Labute approximate surface area is 129 Å². The van der Waals surface area contributed by atoms with Gasteiger partial charge in [0.25, 0.3) is 0 Å². The molecule has 1 N–H and O–H groups in total. The van der Waals surface area contributed by atoms with Crippen molar-refractivity contribution >= 4 is 17.6 Å². The van der Waals surface area contributed by atoms with Gasteiger partial charge in [0.1, 0.15) is 17.7 Å². The number of benzene rings is 1. The van der Waals surface area contributed by atoms with Crippen molar-refractivity contribution in [3.63, 3.8) is 0 Å². The maximum Gasteiger partial charge on any atom is 0.347 e. The molecule has 1 aromatic carbocycles. The van der Waals surface area contributed by atoms with Crippen LogP contribution in [0, 0.1) is 5.82 Å². The van der Waals surface area contributed by atoms with Gasteiger partial charge in [0.2, 0.25) is 0 Å². The van der Waals surface area contributed by atoms with Crippen molar-refractivity contribution in [2.24, 2.45) is 0 Å². The topological polar surface area (TPSA) is 77.1 Å². The quantitative estimate of drug-likeness (QED) is 0.934. The van der Waals surface area contributed by atoms with E-state index in [2.05, 4.69) is 5.10 Å². The highest BCUT2D eigenvalue weighted by Crippen LogP contribution is 2.22. The zero-order valence-corrected chi connectivity index (χ0v) is 12.3. The number of hydrogen-bond acceptors (Lipinski definition) is 3. The van der Waals surface area contributed by atoms with E-state index in [-0.39, 0.29) is 11.6 Å². The van der Waals surface area contributed by atoms with Gasteiger partial charge in [0, 0.05) is 11.4 Å². The lowest BCUT2D eigenvalue weighted by atomic mass is 10.1. The average molecular weight is 326 g/mol. The Kier molecular flexibility index (Phi) is 3.74. The fraction of sp³-hybridized carbons (Fsp3) is 0.357. The zero-order valence-electron chi connectivity index (χ0n) is 11.5. The molecule has 0 radical (unpaired) electrons. The summed E-state index contributed by atoms with van der Waals surface area (Å²) < 4.78 is 15.5. The minimum atomic E-state index is -1.04. The van der Waals surface area contributed by atoms with Crippen molar-refractivity contribution in [3.8, 4) is 0 Å². The van der Waals surface area contributed by atoms with E-state index in [1.54, 1.807) is 0 Å². The lowest BCUT2D eigenvalue weighted by Crippen LogP contribution is -2.34. The van der Waals surface area contributed by atoms with E-state index in [0.29, 0.717) is 30.7 Å². The number of nitrogens with zero attached hydrogens (tertiary/aromatic N) is 3. The molecule has 0 aliphatic carbocycles. The SMILES string of the molecule is O=C(O)[C@@H]1CCCc2nn(Cc3ccc(F)cc3Cl)c(=O)n21. The summed E-state index contributed by atoms with van der Waals surface area (Å²) in [5, 5.41) is 13.6. The first-order valence-corrected chi connectivity index (χ1v) is 7.20. The summed E-state index contributed by atoms with van der Waals surface area (Å²) in [7, 11) is 0. The molecule has 0 unspecified atom stereocenters. The Hall–Kier alpha value is -2.15. The monoisotopic (exact) mass is 325 g/mol. The molecule has 1 aliphatic heterocycles. The molecule has 1 aliphatic rings. The van der Waals surface area contributed by atoms with Gasteiger partial charge < -0.3 is 5.11 Å². The first-order valence-electron chi connectivity index (χ1n) is 6.82. The van der Waals surface area contributed by atoms with Gasteiger partial charge >= 0.3 is 11.7 Å². The molecule has 116 valence electrons. The van der Waals surface area contributed by atoms with Crippen molar-refractivity contribution in [2.45, 2.75) is 31.8 Å². The number of hydrogen-bond donors (Lipinski definition) is 1. The van der Waals surface area contributed by atoms with Gasteiger partial charge in [0.15, 0.2) is 0 Å². The van der Waals surface area contributed by atoms with Crippen molar-refractivity contribution in [1.29, 1.82) is 0 Å². The standard InChI is InChI=1S/C14H13ClFN3O3/c15-10-6-9(16)5-4-8(10)7-18-14(22)19-11(13(20)21)2-1-3-12(19)17-18/h4-6,11H,1-3,7H2,(H,20,21)/t11-/m0/s1. The van der Waals surface area contributed by atoms with Gasteiger partial charge in [-0.25, -0.2) is 18.7 Å². The molecule has 6 nitrogen and oxygen atoms in total. The Morgan fingerprint density at radius 2 is 2.27 bits per heavy atom. The van der Waals surface area contributed by atoms with E-state index in [1.807, 2.05) is 0 Å². The molecule has 22 heavy (non-hydrogen) atoms. The first kappa shape index (κ1) is 14.8. The Morgan fingerprint density at radius 3 is 2.95 bits per heavy atom. The molecule has 0 saturated heterocycles. The summed E-state index contributed by atoms with van der Waals surface area (Å²) in [5.41, 5.74) is 0.0648. The fourth-order valence-electron chi connectivity index (χ4n) is 2.68. The summed E-state index contributed by atoms with van der Waals surface area (Å²) in [6.45, 7) is 0.0737. The maximum absolute atomic E-state index is 13.1. The third-order valence-corrected chi connectivity index (χ3v) is 4.10. The van der Waals surface area contributed by atoms with Gasteiger partial charge in [-0.2, -0.15) is 5.10 Å². The van der Waals surface area contributed by atoms with E-state index in [1.165, 1.54) is 21.4 Å². The van der Waals surface area contributed by atoms with E-state index in [9.17, 15) is 19.1 Å². The number of halogens is 2. The molecule has 0 spiro atoms. The summed E-state index contributed by atoms with van der Waals surface area (Å²) >= 11 is 5.95. The molecule has 1 atom stereocenters. The number of carboxylic acids is 1. The van der Waals surface area contributed by atoms with Crippen molar-refractivity contribution in [2.75, 3.05) is 0 Å². The van der Waals surface area contributed by atoms with Crippen LogP contribution in [-0.4, -0.2) is 25.4 Å².